The van der Waals surface area contributed by atoms with Gasteiger partial charge in [0.15, 0.2) is 5.82 Å². The molecule has 0 bridgehead atoms. The van der Waals surface area contributed by atoms with Gasteiger partial charge in [0, 0.05) is 25.0 Å². The molecule has 2 aliphatic rings. The number of carbonyl (C=O) groups is 1. The number of hydrogen-bond donors (Lipinski definition) is 1. The highest BCUT2D eigenvalue weighted by Crippen LogP contribution is 2.31. The van der Waals surface area contributed by atoms with Gasteiger partial charge >= 0.3 is 6.03 Å². The normalized spacial score (nSPS) is 19.6. The van der Waals surface area contributed by atoms with E-state index in [0.29, 0.717) is 18.5 Å². The summed E-state index contributed by atoms with van der Waals surface area (Å²) < 4.78 is 2.14. The summed E-state index contributed by atoms with van der Waals surface area (Å²) in [6.45, 7) is 8.02. The monoisotopic (exact) mass is 305 g/mol. The maximum absolute atomic E-state index is 12.6. The molecular formula is C16H27N5O. The average Bonchev–Trinajstić information content (AvgIpc) is 3.09. The summed E-state index contributed by atoms with van der Waals surface area (Å²) in [5.41, 5.74) is 0. The molecule has 1 aliphatic heterocycles. The summed E-state index contributed by atoms with van der Waals surface area (Å²) in [5.74, 6) is 2.45. The van der Waals surface area contributed by atoms with Crippen molar-refractivity contribution in [3.8, 4) is 0 Å². The van der Waals surface area contributed by atoms with Gasteiger partial charge in [-0.2, -0.15) is 0 Å². The molecule has 22 heavy (non-hydrogen) atoms. The van der Waals surface area contributed by atoms with Crippen LogP contribution in [-0.4, -0.2) is 37.8 Å². The third kappa shape index (κ3) is 2.96. The van der Waals surface area contributed by atoms with Crippen molar-refractivity contribution in [2.75, 3.05) is 0 Å². The first-order valence-electron chi connectivity index (χ1n) is 8.59. The third-order valence-corrected chi connectivity index (χ3v) is 5.16. The van der Waals surface area contributed by atoms with Gasteiger partial charge in [-0.15, -0.1) is 10.2 Å². The maximum Gasteiger partial charge on any atom is 0.318 e. The largest absolute Gasteiger partial charge is 0.331 e. The Labute approximate surface area is 132 Å². The van der Waals surface area contributed by atoms with Crippen LogP contribution in [0.1, 0.15) is 58.1 Å². The van der Waals surface area contributed by atoms with E-state index in [1.54, 1.807) is 0 Å². The van der Waals surface area contributed by atoms with Crippen molar-refractivity contribution < 1.29 is 4.79 Å². The third-order valence-electron chi connectivity index (χ3n) is 5.16. The maximum atomic E-state index is 12.6. The molecule has 1 aromatic heterocycles. The summed E-state index contributed by atoms with van der Waals surface area (Å²) in [6, 6.07) is 0.750. The molecule has 2 amide bonds. The molecular weight excluding hydrogens is 278 g/mol. The van der Waals surface area contributed by atoms with Crippen LogP contribution in [0.2, 0.25) is 0 Å². The molecule has 2 atom stereocenters. The summed E-state index contributed by atoms with van der Waals surface area (Å²) >= 11 is 0. The van der Waals surface area contributed by atoms with Crippen LogP contribution in [-0.2, 0) is 19.5 Å². The number of fused-ring (bicyclic) bond motifs is 1. The predicted octanol–water partition coefficient (Wildman–Crippen LogP) is 2.33. The topological polar surface area (TPSA) is 63.1 Å². The lowest BCUT2D eigenvalue weighted by Gasteiger charge is -2.33. The molecule has 1 aliphatic carbocycles. The quantitative estimate of drug-likeness (QED) is 0.877. The fraction of sp³-hybridized carbons (Fsp3) is 0.812. The van der Waals surface area contributed by atoms with Gasteiger partial charge in [-0.3, -0.25) is 0 Å². The minimum Gasteiger partial charge on any atom is -0.331 e. The highest BCUT2D eigenvalue weighted by Gasteiger charge is 2.37. The standard InChI is InChI=1S/C16H27N5O/c1-4-11(2)12(3)21(13-7-8-13)16(22)17-10-15-19-18-14-6-5-9-20(14)15/h11-13H,4-10H2,1-3H3,(H,17,22)/t11-,12-/m0/s1. The predicted molar refractivity (Wildman–Crippen MR) is 84.4 cm³/mol. The minimum atomic E-state index is 0.0469. The van der Waals surface area contributed by atoms with Gasteiger partial charge in [0.1, 0.15) is 5.82 Å². The number of carbonyl (C=O) groups excluding carboxylic acids is 1. The summed E-state index contributed by atoms with van der Waals surface area (Å²) in [5, 5.41) is 11.5. The van der Waals surface area contributed by atoms with Crippen molar-refractivity contribution in [2.24, 2.45) is 5.92 Å². The molecule has 3 rings (SSSR count). The Morgan fingerprint density at radius 1 is 1.41 bits per heavy atom. The lowest BCUT2D eigenvalue weighted by atomic mass is 9.99. The molecule has 1 saturated carbocycles. The van der Waals surface area contributed by atoms with Crippen LogP contribution in [0.3, 0.4) is 0 Å². The molecule has 6 nitrogen and oxygen atoms in total. The Balaban J connectivity index is 1.61. The number of hydrogen-bond acceptors (Lipinski definition) is 3. The number of nitrogens with one attached hydrogen (secondary N) is 1. The van der Waals surface area contributed by atoms with Crippen LogP contribution < -0.4 is 5.32 Å². The van der Waals surface area contributed by atoms with Crippen LogP contribution >= 0.6 is 0 Å². The molecule has 2 heterocycles. The van der Waals surface area contributed by atoms with Crippen LogP contribution in [0.4, 0.5) is 4.79 Å². The van der Waals surface area contributed by atoms with Crippen LogP contribution in [0.5, 0.6) is 0 Å². The van der Waals surface area contributed by atoms with Gasteiger partial charge in [-0.25, -0.2) is 4.79 Å². The lowest BCUT2D eigenvalue weighted by molar-refractivity contribution is 0.151. The van der Waals surface area contributed by atoms with Gasteiger partial charge in [0.25, 0.3) is 0 Å². The second kappa shape index (κ2) is 6.26. The first-order chi connectivity index (χ1) is 10.6. The van der Waals surface area contributed by atoms with E-state index >= 15 is 0 Å². The Bertz CT molecular complexity index is 537. The van der Waals surface area contributed by atoms with Crippen LogP contribution in [0, 0.1) is 5.92 Å². The fourth-order valence-electron chi connectivity index (χ4n) is 3.24. The number of urea groups is 1. The Morgan fingerprint density at radius 2 is 2.18 bits per heavy atom. The van der Waals surface area contributed by atoms with E-state index in [1.807, 2.05) is 0 Å². The first-order valence-corrected chi connectivity index (χ1v) is 8.59. The average molecular weight is 305 g/mol. The molecule has 122 valence electrons. The molecule has 0 spiro atoms. The molecule has 0 unspecified atom stereocenters. The molecule has 0 saturated heterocycles. The van der Waals surface area contributed by atoms with Crippen molar-refractivity contribution in [3.05, 3.63) is 11.6 Å². The van der Waals surface area contributed by atoms with Crippen molar-refractivity contribution >= 4 is 6.03 Å². The zero-order chi connectivity index (χ0) is 15.7. The highest BCUT2D eigenvalue weighted by molar-refractivity contribution is 5.75. The zero-order valence-electron chi connectivity index (χ0n) is 13.9. The van der Waals surface area contributed by atoms with Gasteiger partial charge in [0.05, 0.1) is 6.54 Å². The summed E-state index contributed by atoms with van der Waals surface area (Å²) in [6.07, 6.45) is 5.49. The smallest absolute Gasteiger partial charge is 0.318 e. The van der Waals surface area contributed by atoms with E-state index in [1.165, 1.54) is 0 Å². The SMILES string of the molecule is CC[C@H](C)[C@H](C)N(C(=O)NCc1nnc2n1CCC2)C1CC1. The molecule has 1 N–H and O–H groups in total. The first kappa shape index (κ1) is 15.3. The Morgan fingerprint density at radius 3 is 2.86 bits per heavy atom. The van der Waals surface area contributed by atoms with Crippen molar-refractivity contribution in [3.63, 3.8) is 0 Å². The number of rotatable bonds is 6. The van der Waals surface area contributed by atoms with Crippen LogP contribution in [0.25, 0.3) is 0 Å². The van der Waals surface area contributed by atoms with Gasteiger partial charge in [-0.05, 0) is 32.1 Å². The molecule has 0 radical (unpaired) electrons. The number of aromatic nitrogens is 3. The number of aryl methyl sites for hydroxylation is 1. The lowest BCUT2D eigenvalue weighted by Crippen LogP contribution is -2.48. The molecule has 0 aromatic carbocycles. The second-order valence-corrected chi connectivity index (χ2v) is 6.71. The van der Waals surface area contributed by atoms with Crippen molar-refractivity contribution in [2.45, 2.75) is 78.0 Å². The van der Waals surface area contributed by atoms with E-state index in [0.717, 1.165) is 50.3 Å². The van der Waals surface area contributed by atoms with Crippen molar-refractivity contribution in [1.29, 1.82) is 0 Å². The van der Waals surface area contributed by atoms with Gasteiger partial charge in [-0.1, -0.05) is 20.3 Å². The number of nitrogens with zero attached hydrogens (tertiary/aromatic N) is 4. The summed E-state index contributed by atoms with van der Waals surface area (Å²) in [7, 11) is 0. The fourth-order valence-corrected chi connectivity index (χ4v) is 3.24. The summed E-state index contributed by atoms with van der Waals surface area (Å²) in [4.78, 5) is 14.7. The van der Waals surface area contributed by atoms with Gasteiger partial charge in [0.2, 0.25) is 0 Å². The van der Waals surface area contributed by atoms with E-state index in [9.17, 15) is 4.79 Å². The van der Waals surface area contributed by atoms with E-state index in [4.69, 9.17) is 0 Å². The Kier molecular flexibility index (Phi) is 4.36. The number of amides is 2. The van der Waals surface area contributed by atoms with E-state index < -0.39 is 0 Å². The second-order valence-electron chi connectivity index (χ2n) is 6.71. The molecule has 6 heteroatoms. The highest BCUT2D eigenvalue weighted by atomic mass is 16.2. The van der Waals surface area contributed by atoms with Gasteiger partial charge < -0.3 is 14.8 Å². The van der Waals surface area contributed by atoms with Crippen molar-refractivity contribution in [1.82, 2.24) is 25.0 Å². The van der Waals surface area contributed by atoms with E-state index in [-0.39, 0.29) is 12.1 Å². The minimum absolute atomic E-state index is 0.0469. The zero-order valence-corrected chi connectivity index (χ0v) is 13.9. The molecule has 1 fully saturated rings. The molecule has 1 aromatic rings. The van der Waals surface area contributed by atoms with Crippen LogP contribution in [0.15, 0.2) is 0 Å². The Hall–Kier alpha value is -1.59. The van der Waals surface area contributed by atoms with E-state index in [2.05, 4.69) is 45.8 Å².